The number of carbonyl (C=O) groups excluding carboxylic acids is 1. The first-order valence-corrected chi connectivity index (χ1v) is 10.00. The number of amides is 1. The number of nitrogens with zero attached hydrogens (tertiary/aromatic N) is 2. The lowest BCUT2D eigenvalue weighted by molar-refractivity contribution is -0.174. The number of nitrogens with one attached hydrogen (secondary N) is 2. The highest BCUT2D eigenvalue weighted by atomic mass is 32.2. The highest BCUT2D eigenvalue weighted by molar-refractivity contribution is 7.98. The monoisotopic (exact) mass is 422 g/mol. The quantitative estimate of drug-likeness (QED) is 0.572. The van der Waals surface area contributed by atoms with Gasteiger partial charge >= 0.3 is 6.18 Å². The maximum Gasteiger partial charge on any atom is 0.410 e. The Bertz CT molecular complexity index is 1020. The highest BCUT2D eigenvalue weighted by Gasteiger charge is 2.47. The van der Waals surface area contributed by atoms with E-state index in [2.05, 4.69) is 15.7 Å². The maximum absolute atomic E-state index is 13.7. The van der Waals surface area contributed by atoms with Crippen LogP contribution in [0.25, 0.3) is 0 Å². The summed E-state index contributed by atoms with van der Waals surface area (Å²) >= 11 is 1.45. The fourth-order valence-electron chi connectivity index (χ4n) is 3.29. The minimum Gasteiger partial charge on any atom is -0.467 e. The number of rotatable bonds is 4. The van der Waals surface area contributed by atoms with Gasteiger partial charge in [-0.25, -0.2) is 4.68 Å². The molecule has 3 aromatic rings. The fraction of sp³-hybridized carbons (Fsp3) is 0.263. The van der Waals surface area contributed by atoms with Crippen LogP contribution in [0, 0.1) is 0 Å². The van der Waals surface area contributed by atoms with E-state index in [1.54, 1.807) is 24.3 Å². The van der Waals surface area contributed by atoms with Crippen LogP contribution in [0.15, 0.2) is 58.0 Å². The molecule has 2 N–H and O–H groups in total. The fourth-order valence-corrected chi connectivity index (χ4v) is 3.85. The van der Waals surface area contributed by atoms with E-state index in [9.17, 15) is 18.0 Å². The zero-order valence-corrected chi connectivity index (χ0v) is 16.1. The van der Waals surface area contributed by atoms with Crippen molar-refractivity contribution >= 4 is 29.2 Å². The van der Waals surface area contributed by atoms with Gasteiger partial charge in [0.05, 0.1) is 18.0 Å². The Hall–Kier alpha value is -2.88. The van der Waals surface area contributed by atoms with E-state index in [0.717, 1.165) is 9.58 Å². The predicted molar refractivity (Wildman–Crippen MR) is 103 cm³/mol. The summed E-state index contributed by atoms with van der Waals surface area (Å²) in [5.41, 5.74) is 0.475. The smallest absolute Gasteiger partial charge is 0.410 e. The summed E-state index contributed by atoms with van der Waals surface area (Å²) in [6.07, 6.45) is -1.53. The molecule has 6 nitrogen and oxygen atoms in total. The normalized spacial score (nSPS) is 18.8. The summed E-state index contributed by atoms with van der Waals surface area (Å²) in [7, 11) is 0. The lowest BCUT2D eigenvalue weighted by Crippen LogP contribution is -2.35. The van der Waals surface area contributed by atoms with Crippen molar-refractivity contribution in [2.24, 2.45) is 0 Å². The molecule has 1 amide bonds. The van der Waals surface area contributed by atoms with Gasteiger partial charge in [0.1, 0.15) is 11.6 Å². The number of alkyl halides is 3. The zero-order chi connectivity index (χ0) is 20.6. The molecular formula is C19H17F3N4O2S. The van der Waals surface area contributed by atoms with Crippen molar-refractivity contribution in [1.82, 2.24) is 9.78 Å². The van der Waals surface area contributed by atoms with Crippen molar-refractivity contribution in [3.8, 4) is 0 Å². The number of hydrogen-bond donors (Lipinski definition) is 2. The molecule has 4 rings (SSSR count). The number of benzene rings is 1. The van der Waals surface area contributed by atoms with Gasteiger partial charge in [0.15, 0.2) is 11.7 Å². The first-order chi connectivity index (χ1) is 13.9. The Balaban J connectivity index is 1.64. The van der Waals surface area contributed by atoms with Gasteiger partial charge in [0.25, 0.3) is 5.91 Å². The van der Waals surface area contributed by atoms with Crippen LogP contribution >= 0.6 is 11.8 Å². The maximum atomic E-state index is 13.7. The van der Waals surface area contributed by atoms with E-state index in [-0.39, 0.29) is 17.9 Å². The summed E-state index contributed by atoms with van der Waals surface area (Å²) in [4.78, 5) is 13.5. The second-order valence-corrected chi connectivity index (χ2v) is 7.37. The van der Waals surface area contributed by atoms with Crippen molar-refractivity contribution in [2.45, 2.75) is 29.6 Å². The Morgan fingerprint density at radius 1 is 1.31 bits per heavy atom. The molecule has 2 atom stereocenters. The van der Waals surface area contributed by atoms with E-state index >= 15 is 0 Å². The van der Waals surface area contributed by atoms with Crippen LogP contribution in [-0.4, -0.2) is 28.1 Å². The molecule has 0 unspecified atom stereocenters. The van der Waals surface area contributed by atoms with Crippen molar-refractivity contribution in [1.29, 1.82) is 0 Å². The van der Waals surface area contributed by atoms with Crippen molar-refractivity contribution in [3.05, 3.63) is 60.2 Å². The van der Waals surface area contributed by atoms with Gasteiger partial charge in [-0.05, 0) is 30.5 Å². The summed E-state index contributed by atoms with van der Waals surface area (Å²) in [6, 6.07) is 9.19. The van der Waals surface area contributed by atoms with Crippen LogP contribution in [0.3, 0.4) is 0 Å². The molecule has 0 fully saturated rings. The molecule has 29 heavy (non-hydrogen) atoms. The van der Waals surface area contributed by atoms with Gasteiger partial charge in [-0.2, -0.15) is 18.3 Å². The van der Waals surface area contributed by atoms with Crippen molar-refractivity contribution in [2.75, 3.05) is 16.9 Å². The number of anilines is 2. The van der Waals surface area contributed by atoms with Crippen molar-refractivity contribution < 1.29 is 22.4 Å². The van der Waals surface area contributed by atoms with E-state index in [4.69, 9.17) is 4.42 Å². The third kappa shape index (κ3) is 3.84. The summed E-state index contributed by atoms with van der Waals surface area (Å²) < 4.78 is 47.1. The molecular weight excluding hydrogens is 405 g/mol. The number of thioether (sulfide) groups is 1. The van der Waals surface area contributed by atoms with Gasteiger partial charge in [0.2, 0.25) is 0 Å². The molecule has 0 spiro atoms. The minimum atomic E-state index is -4.52. The standard InChI is InChI=1S/C19H17F3N4O2S/c1-29-15-7-3-2-5-11(15)24-18(27)13-10-17-23-12(14-6-4-8-28-14)9-16(19(20,21)22)26(17)25-13/h2-8,10,12,16,23H,9H2,1H3,(H,24,27)/t12-,16-/m1/s1. The molecule has 0 radical (unpaired) electrons. The summed E-state index contributed by atoms with van der Waals surface area (Å²) in [6.45, 7) is 0. The number of furan rings is 1. The molecule has 0 saturated heterocycles. The number of fused-ring (bicyclic) bond motifs is 1. The molecule has 2 aromatic heterocycles. The molecule has 1 aliphatic rings. The number of para-hydroxylation sites is 1. The largest absolute Gasteiger partial charge is 0.467 e. The summed E-state index contributed by atoms with van der Waals surface area (Å²) in [5, 5.41) is 9.65. The Kier molecular flexibility index (Phi) is 5.03. The number of hydrogen-bond acceptors (Lipinski definition) is 5. The average molecular weight is 422 g/mol. The zero-order valence-electron chi connectivity index (χ0n) is 15.2. The van der Waals surface area contributed by atoms with Gasteiger partial charge in [0, 0.05) is 17.4 Å². The lowest BCUT2D eigenvalue weighted by Gasteiger charge is -2.32. The van der Waals surface area contributed by atoms with Gasteiger partial charge in [-0.15, -0.1) is 11.8 Å². The highest BCUT2D eigenvalue weighted by Crippen LogP contribution is 2.43. The minimum absolute atomic E-state index is 0.0993. The number of aromatic nitrogens is 2. The van der Waals surface area contributed by atoms with Crippen LogP contribution < -0.4 is 10.6 Å². The van der Waals surface area contributed by atoms with Crippen LogP contribution in [0.5, 0.6) is 0 Å². The van der Waals surface area contributed by atoms with E-state index in [1.807, 2.05) is 18.4 Å². The Labute approximate surface area is 168 Å². The van der Waals surface area contributed by atoms with Crippen molar-refractivity contribution in [3.63, 3.8) is 0 Å². The van der Waals surface area contributed by atoms with Gasteiger partial charge in [-0.3, -0.25) is 4.79 Å². The molecule has 3 heterocycles. The van der Waals surface area contributed by atoms with E-state index in [1.165, 1.54) is 24.1 Å². The van der Waals surface area contributed by atoms with Gasteiger partial charge < -0.3 is 15.1 Å². The molecule has 1 aliphatic heterocycles. The van der Waals surface area contributed by atoms with Crippen LogP contribution in [0.2, 0.25) is 0 Å². The lowest BCUT2D eigenvalue weighted by atomic mass is 10.0. The SMILES string of the molecule is CSc1ccccc1NC(=O)c1cc2n(n1)[C@@H](C(F)(F)F)C[C@H](c1ccco1)N2. The van der Waals surface area contributed by atoms with Gasteiger partial charge in [-0.1, -0.05) is 12.1 Å². The third-order valence-corrected chi connectivity index (χ3v) is 5.46. The van der Waals surface area contributed by atoms with E-state index in [0.29, 0.717) is 11.4 Å². The molecule has 0 bridgehead atoms. The van der Waals surface area contributed by atoms with E-state index < -0.39 is 24.2 Å². The Morgan fingerprint density at radius 3 is 2.79 bits per heavy atom. The molecule has 152 valence electrons. The van der Waals surface area contributed by atoms with Crippen LogP contribution in [0.1, 0.15) is 34.8 Å². The predicted octanol–water partition coefficient (Wildman–Crippen LogP) is 5.11. The molecule has 0 aliphatic carbocycles. The Morgan fingerprint density at radius 2 is 2.10 bits per heavy atom. The van der Waals surface area contributed by atoms with Crippen LogP contribution in [-0.2, 0) is 0 Å². The summed E-state index contributed by atoms with van der Waals surface area (Å²) in [5.74, 6) is -0.0689. The first kappa shape index (κ1) is 19.4. The topological polar surface area (TPSA) is 72.1 Å². The van der Waals surface area contributed by atoms with Crippen LogP contribution in [0.4, 0.5) is 24.7 Å². The second-order valence-electron chi connectivity index (χ2n) is 6.52. The third-order valence-electron chi connectivity index (χ3n) is 4.66. The first-order valence-electron chi connectivity index (χ1n) is 8.77. The average Bonchev–Trinajstić information content (AvgIpc) is 3.36. The second kappa shape index (κ2) is 7.51. The number of carbonyl (C=O) groups is 1. The molecule has 0 saturated carbocycles. The molecule has 1 aromatic carbocycles. The molecule has 10 heteroatoms. The number of halogens is 3.